The third-order valence-electron chi connectivity index (χ3n) is 11.7. The number of carbonyl (C=O) groups is 2. The van der Waals surface area contributed by atoms with Gasteiger partial charge < -0.3 is 14.4 Å². The van der Waals surface area contributed by atoms with E-state index < -0.39 is 0 Å². The summed E-state index contributed by atoms with van der Waals surface area (Å²) in [6, 6.07) is 0. The standard InChI is InChI=1S/C48H95NO4/c1-7-13-25-33-44(34-26-14-8-2)41-47(50)52-39-31-23-19-17-21-29-37-46(43-49(11-5)12-6)38-30-22-18-20-24-32-40-53-48(51)42-45(35-27-15-9-3)36-28-16-10-4/h44-46H,7-43H2,1-6H3. The highest BCUT2D eigenvalue weighted by Gasteiger charge is 2.16. The molecule has 0 saturated heterocycles. The fraction of sp³-hybridized carbons (Fsp3) is 0.958. The molecule has 5 heteroatoms. The molecule has 0 aromatic heterocycles. The maximum atomic E-state index is 12.5. The van der Waals surface area contributed by atoms with E-state index in [0.29, 0.717) is 37.9 Å². The molecule has 0 saturated carbocycles. The van der Waals surface area contributed by atoms with E-state index in [-0.39, 0.29) is 11.9 Å². The van der Waals surface area contributed by atoms with E-state index in [2.05, 4.69) is 46.4 Å². The van der Waals surface area contributed by atoms with Crippen LogP contribution in [0.3, 0.4) is 0 Å². The largest absolute Gasteiger partial charge is 0.466 e. The van der Waals surface area contributed by atoms with Gasteiger partial charge in [0.05, 0.1) is 13.2 Å². The maximum absolute atomic E-state index is 12.5. The Bertz CT molecular complexity index is 693. The lowest BCUT2D eigenvalue weighted by Gasteiger charge is -2.25. The molecule has 0 aliphatic carbocycles. The van der Waals surface area contributed by atoms with Crippen LogP contribution in [-0.2, 0) is 19.1 Å². The van der Waals surface area contributed by atoms with Crippen LogP contribution in [0.5, 0.6) is 0 Å². The number of unbranched alkanes of at least 4 members (excludes halogenated alkanes) is 18. The number of rotatable bonds is 42. The summed E-state index contributed by atoms with van der Waals surface area (Å²) >= 11 is 0. The molecule has 0 atom stereocenters. The first-order valence-electron chi connectivity index (χ1n) is 24.0. The van der Waals surface area contributed by atoms with Crippen LogP contribution in [0.2, 0.25) is 0 Å². The van der Waals surface area contributed by atoms with Crippen molar-refractivity contribution in [3.05, 3.63) is 0 Å². The molecule has 0 amide bonds. The smallest absolute Gasteiger partial charge is 0.306 e. The fourth-order valence-corrected chi connectivity index (χ4v) is 8.05. The first kappa shape index (κ1) is 51.9. The molecule has 0 aromatic rings. The molecule has 0 fully saturated rings. The van der Waals surface area contributed by atoms with E-state index in [9.17, 15) is 9.59 Å². The first-order valence-corrected chi connectivity index (χ1v) is 24.0. The summed E-state index contributed by atoms with van der Waals surface area (Å²) in [6.07, 6.45) is 38.6. The van der Waals surface area contributed by atoms with E-state index in [0.717, 1.165) is 31.8 Å². The monoisotopic (exact) mass is 750 g/mol. The summed E-state index contributed by atoms with van der Waals surface area (Å²) < 4.78 is 11.3. The number of nitrogens with zero attached hydrogens (tertiary/aromatic N) is 1. The minimum atomic E-state index is 0.0367. The molecule has 0 aliphatic rings. The molecule has 0 radical (unpaired) electrons. The van der Waals surface area contributed by atoms with Crippen LogP contribution in [0.25, 0.3) is 0 Å². The summed E-state index contributed by atoms with van der Waals surface area (Å²) in [4.78, 5) is 27.6. The van der Waals surface area contributed by atoms with Crippen molar-refractivity contribution < 1.29 is 19.1 Å². The average Bonchev–Trinajstić information content (AvgIpc) is 3.15. The summed E-state index contributed by atoms with van der Waals surface area (Å²) in [6.45, 7) is 18.4. The van der Waals surface area contributed by atoms with Crippen LogP contribution in [0.4, 0.5) is 0 Å². The first-order chi connectivity index (χ1) is 25.9. The van der Waals surface area contributed by atoms with Gasteiger partial charge >= 0.3 is 11.9 Å². The Labute approximate surface area is 332 Å². The van der Waals surface area contributed by atoms with Gasteiger partial charge in [0.15, 0.2) is 0 Å². The molecule has 0 aliphatic heterocycles. The van der Waals surface area contributed by atoms with Gasteiger partial charge in [-0.3, -0.25) is 9.59 Å². The van der Waals surface area contributed by atoms with Gasteiger partial charge in [0.1, 0.15) is 0 Å². The van der Waals surface area contributed by atoms with Gasteiger partial charge in [-0.05, 0) is 82.2 Å². The summed E-state index contributed by atoms with van der Waals surface area (Å²) in [5, 5.41) is 0. The van der Waals surface area contributed by atoms with Crippen molar-refractivity contribution in [3.63, 3.8) is 0 Å². The van der Waals surface area contributed by atoms with Gasteiger partial charge in [0.25, 0.3) is 0 Å². The Hall–Kier alpha value is -1.10. The predicted molar refractivity (Wildman–Crippen MR) is 231 cm³/mol. The van der Waals surface area contributed by atoms with Crippen molar-refractivity contribution >= 4 is 11.9 Å². The van der Waals surface area contributed by atoms with Gasteiger partial charge in [-0.15, -0.1) is 0 Å². The summed E-state index contributed by atoms with van der Waals surface area (Å²) in [5.74, 6) is 1.92. The van der Waals surface area contributed by atoms with Gasteiger partial charge in [-0.1, -0.05) is 183 Å². The fourth-order valence-electron chi connectivity index (χ4n) is 8.05. The van der Waals surface area contributed by atoms with Gasteiger partial charge in [-0.25, -0.2) is 0 Å². The van der Waals surface area contributed by atoms with Crippen LogP contribution in [0.1, 0.15) is 247 Å². The molecule has 0 heterocycles. The lowest BCUT2D eigenvalue weighted by Crippen LogP contribution is -2.29. The molecular weight excluding hydrogens is 655 g/mol. The molecular formula is C48H95NO4. The molecule has 0 rings (SSSR count). The normalized spacial score (nSPS) is 11.8. The lowest BCUT2D eigenvalue weighted by atomic mass is 9.92. The van der Waals surface area contributed by atoms with E-state index in [1.54, 1.807) is 0 Å². The zero-order chi connectivity index (χ0) is 39.0. The Balaban J connectivity index is 4.13. The van der Waals surface area contributed by atoms with Gasteiger partial charge in [0, 0.05) is 19.4 Å². The third-order valence-corrected chi connectivity index (χ3v) is 11.7. The van der Waals surface area contributed by atoms with Crippen LogP contribution in [-0.4, -0.2) is 49.7 Å². The van der Waals surface area contributed by atoms with Gasteiger partial charge in [-0.2, -0.15) is 0 Å². The Kier molecular flexibility index (Phi) is 39.7. The van der Waals surface area contributed by atoms with Crippen molar-refractivity contribution in [2.45, 2.75) is 247 Å². The number of ether oxygens (including phenoxy) is 2. The highest BCUT2D eigenvalue weighted by Crippen LogP contribution is 2.24. The molecule has 0 unspecified atom stereocenters. The van der Waals surface area contributed by atoms with Crippen molar-refractivity contribution in [2.24, 2.45) is 17.8 Å². The second kappa shape index (κ2) is 40.6. The third kappa shape index (κ3) is 35.1. The van der Waals surface area contributed by atoms with Crippen LogP contribution >= 0.6 is 0 Å². The van der Waals surface area contributed by atoms with Gasteiger partial charge in [0.2, 0.25) is 0 Å². The highest BCUT2D eigenvalue weighted by atomic mass is 16.5. The SMILES string of the molecule is CCCCCC(CCCCC)CC(=O)OCCCCCCCCC(CCCCCCCCOC(=O)CC(CCCCC)CCCCC)CN(CC)CC. The molecule has 5 nitrogen and oxygen atoms in total. The van der Waals surface area contributed by atoms with E-state index in [1.165, 1.54) is 186 Å². The Morgan fingerprint density at radius 2 is 0.660 bits per heavy atom. The topological polar surface area (TPSA) is 55.8 Å². The molecule has 53 heavy (non-hydrogen) atoms. The van der Waals surface area contributed by atoms with Crippen molar-refractivity contribution in [1.29, 1.82) is 0 Å². The van der Waals surface area contributed by atoms with Crippen LogP contribution in [0.15, 0.2) is 0 Å². The molecule has 0 aromatic carbocycles. The minimum absolute atomic E-state index is 0.0367. The van der Waals surface area contributed by atoms with Crippen molar-refractivity contribution in [2.75, 3.05) is 32.8 Å². The molecule has 0 spiro atoms. The Morgan fingerprint density at radius 3 is 0.981 bits per heavy atom. The quantitative estimate of drug-likeness (QED) is 0.0459. The maximum Gasteiger partial charge on any atom is 0.306 e. The number of carbonyl (C=O) groups excluding carboxylic acids is 2. The van der Waals surface area contributed by atoms with E-state index in [1.807, 2.05) is 0 Å². The molecule has 0 bridgehead atoms. The van der Waals surface area contributed by atoms with Crippen LogP contribution in [0, 0.1) is 17.8 Å². The van der Waals surface area contributed by atoms with Crippen molar-refractivity contribution in [1.82, 2.24) is 4.90 Å². The van der Waals surface area contributed by atoms with Crippen LogP contribution < -0.4 is 0 Å². The number of hydrogen-bond donors (Lipinski definition) is 0. The predicted octanol–water partition coefficient (Wildman–Crippen LogP) is 14.8. The second-order valence-electron chi connectivity index (χ2n) is 16.7. The lowest BCUT2D eigenvalue weighted by molar-refractivity contribution is -0.146. The van der Waals surface area contributed by atoms with E-state index in [4.69, 9.17) is 9.47 Å². The molecule has 0 N–H and O–H groups in total. The zero-order valence-corrected chi connectivity index (χ0v) is 37.0. The second-order valence-corrected chi connectivity index (χ2v) is 16.7. The number of hydrogen-bond acceptors (Lipinski definition) is 5. The number of esters is 2. The van der Waals surface area contributed by atoms with E-state index >= 15 is 0 Å². The minimum Gasteiger partial charge on any atom is -0.466 e. The highest BCUT2D eigenvalue weighted by molar-refractivity contribution is 5.70. The Morgan fingerprint density at radius 1 is 0.377 bits per heavy atom. The summed E-state index contributed by atoms with van der Waals surface area (Å²) in [5.41, 5.74) is 0. The zero-order valence-electron chi connectivity index (χ0n) is 37.0. The molecule has 316 valence electrons. The average molecular weight is 750 g/mol. The summed E-state index contributed by atoms with van der Waals surface area (Å²) in [7, 11) is 0. The van der Waals surface area contributed by atoms with Crippen molar-refractivity contribution in [3.8, 4) is 0 Å².